The zero-order chi connectivity index (χ0) is 20.6. The maximum absolute atomic E-state index is 12.7. The van der Waals surface area contributed by atoms with Gasteiger partial charge in [0.15, 0.2) is 0 Å². The van der Waals surface area contributed by atoms with Crippen LogP contribution in [0.25, 0.3) is 0 Å². The lowest BCUT2D eigenvalue weighted by molar-refractivity contribution is 0.264. The largest absolute Gasteiger partial charge is 0.351 e. The molecule has 2 bridgehead atoms. The third-order valence-corrected chi connectivity index (χ3v) is 7.27. The van der Waals surface area contributed by atoms with E-state index in [1.165, 1.54) is 0 Å². The fourth-order valence-corrected chi connectivity index (χ4v) is 5.32. The molecule has 2 fully saturated rings. The van der Waals surface area contributed by atoms with Gasteiger partial charge < -0.3 is 4.90 Å². The van der Waals surface area contributed by atoms with E-state index in [1.54, 1.807) is 24.4 Å². The number of anilines is 2. The highest BCUT2D eigenvalue weighted by Crippen LogP contribution is 2.33. The van der Waals surface area contributed by atoms with Gasteiger partial charge in [0.2, 0.25) is 0 Å². The summed E-state index contributed by atoms with van der Waals surface area (Å²) in [5, 5.41) is 0. The number of likely N-dealkylation sites (tertiary alicyclic amines) is 1. The summed E-state index contributed by atoms with van der Waals surface area (Å²) in [4.78, 5) is 9.57. The van der Waals surface area contributed by atoms with Crippen LogP contribution in [-0.2, 0) is 10.0 Å². The Morgan fingerprint density at radius 2 is 1.93 bits per heavy atom. The highest BCUT2D eigenvalue weighted by molar-refractivity contribution is 7.92. The number of nitrogens with one attached hydrogen (secondary N) is 1. The van der Waals surface area contributed by atoms with Crippen molar-refractivity contribution in [3.8, 4) is 0 Å². The Morgan fingerprint density at radius 3 is 2.48 bits per heavy atom. The lowest BCUT2D eigenvalue weighted by Crippen LogP contribution is -2.46. The summed E-state index contributed by atoms with van der Waals surface area (Å²) in [6.45, 7) is 10.9. The number of rotatable bonds is 7. The van der Waals surface area contributed by atoms with Gasteiger partial charge >= 0.3 is 0 Å². The number of hydrogen-bond donors (Lipinski definition) is 1. The molecule has 0 aliphatic carbocycles. The Bertz CT molecular complexity index is 971. The van der Waals surface area contributed by atoms with Gasteiger partial charge in [-0.15, -0.1) is 6.58 Å². The quantitative estimate of drug-likeness (QED) is 0.706. The second kappa shape index (κ2) is 7.80. The summed E-state index contributed by atoms with van der Waals surface area (Å²) < 4.78 is 28.0. The predicted molar refractivity (Wildman–Crippen MR) is 117 cm³/mol. The van der Waals surface area contributed by atoms with Crippen LogP contribution in [0, 0.1) is 0 Å². The number of hydrogen-bond acceptors (Lipinski definition) is 5. The second-order valence-corrected chi connectivity index (χ2v) is 9.85. The number of pyridine rings is 1. The topological polar surface area (TPSA) is 65.5 Å². The van der Waals surface area contributed by atoms with Crippen LogP contribution >= 0.6 is 0 Å². The van der Waals surface area contributed by atoms with Crippen molar-refractivity contribution in [2.75, 3.05) is 29.3 Å². The van der Waals surface area contributed by atoms with E-state index in [1.807, 2.05) is 24.3 Å². The summed E-state index contributed by atoms with van der Waals surface area (Å²) in [6.07, 6.45) is 4.71. The fraction of sp³-hybridized carbons (Fsp3) is 0.409. The third kappa shape index (κ3) is 4.02. The molecule has 2 aliphatic rings. The Morgan fingerprint density at radius 1 is 1.17 bits per heavy atom. The smallest absolute Gasteiger partial charge is 0.261 e. The van der Waals surface area contributed by atoms with Crippen molar-refractivity contribution in [1.82, 2.24) is 9.88 Å². The molecule has 0 amide bonds. The maximum Gasteiger partial charge on any atom is 0.261 e. The van der Waals surface area contributed by atoms with Crippen molar-refractivity contribution in [1.29, 1.82) is 0 Å². The van der Waals surface area contributed by atoms with E-state index in [0.29, 0.717) is 23.7 Å². The standard InChI is InChI=1S/C22H28N4O2S/c1-4-11-25-14-20-12-19(25)15-26(20)22-10-7-18(13-23-22)24-29(27,28)21-8-5-17(6-9-21)16(2)3/h4-10,13,16,19-20,24H,1,11-12,14-15H2,2-3H3. The third-order valence-electron chi connectivity index (χ3n) is 5.87. The minimum absolute atomic E-state index is 0.255. The summed E-state index contributed by atoms with van der Waals surface area (Å²) in [6, 6.07) is 11.7. The van der Waals surface area contributed by atoms with Gasteiger partial charge in [-0.05, 0) is 42.2 Å². The normalized spacial score (nSPS) is 21.7. The number of sulfonamides is 1. The molecule has 29 heavy (non-hydrogen) atoms. The van der Waals surface area contributed by atoms with Crippen LogP contribution < -0.4 is 9.62 Å². The van der Waals surface area contributed by atoms with Gasteiger partial charge in [-0.1, -0.05) is 32.1 Å². The second-order valence-electron chi connectivity index (χ2n) is 8.17. The Labute approximate surface area is 173 Å². The lowest BCUT2D eigenvalue weighted by atomic mass is 10.0. The van der Waals surface area contributed by atoms with E-state index in [9.17, 15) is 8.42 Å². The fourth-order valence-electron chi connectivity index (χ4n) is 4.28. The van der Waals surface area contributed by atoms with E-state index < -0.39 is 10.0 Å². The van der Waals surface area contributed by atoms with Crippen molar-refractivity contribution >= 4 is 21.5 Å². The molecule has 0 spiro atoms. The Kier molecular flexibility index (Phi) is 5.36. The van der Waals surface area contributed by atoms with E-state index >= 15 is 0 Å². The molecule has 2 unspecified atom stereocenters. The summed E-state index contributed by atoms with van der Waals surface area (Å²) in [5.41, 5.74) is 1.58. The molecule has 2 atom stereocenters. The molecule has 2 aliphatic heterocycles. The molecule has 1 N–H and O–H groups in total. The van der Waals surface area contributed by atoms with Crippen LogP contribution in [0.5, 0.6) is 0 Å². The molecule has 4 rings (SSSR count). The van der Waals surface area contributed by atoms with Gasteiger partial charge in [-0.3, -0.25) is 9.62 Å². The van der Waals surface area contributed by atoms with Crippen molar-refractivity contribution in [3.05, 3.63) is 60.8 Å². The van der Waals surface area contributed by atoms with Crippen molar-refractivity contribution in [2.45, 2.75) is 43.2 Å². The van der Waals surface area contributed by atoms with Crippen LogP contribution in [-0.4, -0.2) is 50.0 Å². The summed E-state index contributed by atoms with van der Waals surface area (Å²) in [7, 11) is -3.63. The van der Waals surface area contributed by atoms with Gasteiger partial charge in [0.1, 0.15) is 5.82 Å². The van der Waals surface area contributed by atoms with Crippen molar-refractivity contribution < 1.29 is 8.42 Å². The Hall–Kier alpha value is -2.38. The molecule has 1 aromatic heterocycles. The van der Waals surface area contributed by atoms with Gasteiger partial charge in [0.25, 0.3) is 10.0 Å². The zero-order valence-electron chi connectivity index (χ0n) is 17.0. The number of nitrogens with zero attached hydrogens (tertiary/aromatic N) is 3. The predicted octanol–water partition coefficient (Wildman–Crippen LogP) is 3.45. The van der Waals surface area contributed by atoms with Gasteiger partial charge in [0.05, 0.1) is 16.8 Å². The van der Waals surface area contributed by atoms with Crippen LogP contribution in [0.1, 0.15) is 31.7 Å². The average Bonchev–Trinajstić information content (AvgIpc) is 3.29. The van der Waals surface area contributed by atoms with Crippen molar-refractivity contribution in [3.63, 3.8) is 0 Å². The molecule has 3 heterocycles. The molecular weight excluding hydrogens is 384 g/mol. The molecule has 7 heteroatoms. The number of benzene rings is 1. The first kappa shape index (κ1) is 19.9. The van der Waals surface area contributed by atoms with Crippen molar-refractivity contribution in [2.24, 2.45) is 0 Å². The SMILES string of the molecule is C=CCN1CC2CC1CN2c1ccc(NS(=O)(=O)c2ccc(C(C)C)cc2)cn1. The number of fused-ring (bicyclic) bond motifs is 2. The average molecular weight is 413 g/mol. The molecule has 6 nitrogen and oxygen atoms in total. The first-order valence-corrected chi connectivity index (χ1v) is 11.6. The number of piperazine rings is 1. The minimum Gasteiger partial charge on any atom is -0.351 e. The summed E-state index contributed by atoms with van der Waals surface area (Å²) >= 11 is 0. The highest BCUT2D eigenvalue weighted by Gasteiger charge is 2.43. The van der Waals surface area contributed by atoms with Crippen LogP contribution in [0.3, 0.4) is 0 Å². The number of aromatic nitrogens is 1. The lowest BCUT2D eigenvalue weighted by Gasteiger charge is -2.34. The van der Waals surface area contributed by atoms with Gasteiger partial charge in [0, 0.05) is 31.7 Å². The molecule has 1 aromatic carbocycles. The zero-order valence-corrected chi connectivity index (χ0v) is 17.8. The first-order valence-electron chi connectivity index (χ1n) is 10.1. The highest BCUT2D eigenvalue weighted by atomic mass is 32.2. The van der Waals surface area contributed by atoms with Gasteiger partial charge in [-0.25, -0.2) is 13.4 Å². The summed E-state index contributed by atoms with van der Waals surface area (Å²) in [5.74, 6) is 1.26. The Balaban J connectivity index is 1.43. The van der Waals surface area contributed by atoms with E-state index in [2.05, 4.69) is 39.9 Å². The van der Waals surface area contributed by atoms with Crippen LogP contribution in [0.15, 0.2) is 60.1 Å². The maximum atomic E-state index is 12.7. The molecule has 154 valence electrons. The van der Waals surface area contributed by atoms with Crippen LogP contribution in [0.2, 0.25) is 0 Å². The minimum atomic E-state index is -3.63. The van der Waals surface area contributed by atoms with Gasteiger partial charge in [-0.2, -0.15) is 0 Å². The first-order chi connectivity index (χ1) is 13.9. The van der Waals surface area contributed by atoms with E-state index in [-0.39, 0.29) is 4.90 Å². The monoisotopic (exact) mass is 412 g/mol. The molecule has 2 aromatic rings. The molecule has 0 radical (unpaired) electrons. The molecule has 0 saturated carbocycles. The van der Waals surface area contributed by atoms with E-state index in [0.717, 1.165) is 37.4 Å². The van der Waals surface area contributed by atoms with E-state index in [4.69, 9.17) is 0 Å². The van der Waals surface area contributed by atoms with Crippen LogP contribution in [0.4, 0.5) is 11.5 Å². The molecular formula is C22H28N4O2S. The molecule has 2 saturated heterocycles.